The Hall–Kier alpha value is -1.92. The molecule has 1 unspecified atom stereocenters. The molecule has 7 heteroatoms. The minimum absolute atomic E-state index is 0.0868. The van der Waals surface area contributed by atoms with E-state index in [2.05, 4.69) is 15.5 Å². The Bertz CT molecular complexity index is 647. The zero-order valence-corrected chi connectivity index (χ0v) is 15.3. The van der Waals surface area contributed by atoms with E-state index in [1.54, 1.807) is 0 Å². The molecule has 26 heavy (non-hydrogen) atoms. The second-order valence-electron chi connectivity index (χ2n) is 7.98. The molecule has 0 aromatic carbocycles. The zero-order valence-electron chi connectivity index (χ0n) is 15.3. The molecular weight excluding hydrogens is 332 g/mol. The molecule has 7 nitrogen and oxygen atoms in total. The molecule has 0 bridgehead atoms. The summed E-state index contributed by atoms with van der Waals surface area (Å²) in [5.74, 6) is 1.40. The van der Waals surface area contributed by atoms with Gasteiger partial charge in [0.25, 0.3) is 0 Å². The molecule has 1 aromatic heterocycles. The lowest BCUT2D eigenvalue weighted by molar-refractivity contribution is -0.130. The molecule has 3 aliphatic rings. The monoisotopic (exact) mass is 360 g/mol. The van der Waals surface area contributed by atoms with E-state index >= 15 is 0 Å². The summed E-state index contributed by atoms with van der Waals surface area (Å²) in [6.07, 6.45) is 10.8. The van der Waals surface area contributed by atoms with Crippen LogP contribution in [0.2, 0.25) is 0 Å². The summed E-state index contributed by atoms with van der Waals surface area (Å²) >= 11 is 0. The summed E-state index contributed by atoms with van der Waals surface area (Å²) < 4.78 is 5.30. The summed E-state index contributed by atoms with van der Waals surface area (Å²) in [4.78, 5) is 31.1. The molecule has 4 rings (SSSR count). The molecule has 1 aliphatic heterocycles. The number of amides is 2. The molecule has 0 radical (unpaired) electrons. The van der Waals surface area contributed by atoms with Crippen LogP contribution in [0.4, 0.5) is 0 Å². The molecule has 1 saturated heterocycles. The molecule has 1 atom stereocenters. The number of nitrogens with one attached hydrogen (secondary N) is 1. The van der Waals surface area contributed by atoms with Crippen LogP contribution in [0.25, 0.3) is 0 Å². The van der Waals surface area contributed by atoms with Crippen LogP contribution in [0.1, 0.15) is 81.8 Å². The fourth-order valence-electron chi connectivity index (χ4n) is 4.65. The van der Waals surface area contributed by atoms with Crippen molar-refractivity contribution in [2.24, 2.45) is 5.92 Å². The van der Waals surface area contributed by atoms with E-state index in [1.807, 2.05) is 4.90 Å². The Morgan fingerprint density at radius 1 is 1.12 bits per heavy atom. The van der Waals surface area contributed by atoms with Crippen molar-refractivity contribution in [2.75, 3.05) is 6.54 Å². The minimum Gasteiger partial charge on any atom is -0.347 e. The van der Waals surface area contributed by atoms with Crippen LogP contribution in [0.15, 0.2) is 4.52 Å². The van der Waals surface area contributed by atoms with Gasteiger partial charge in [-0.25, -0.2) is 0 Å². The average Bonchev–Trinajstić information content (AvgIpc) is 3.41. The Kier molecular flexibility index (Phi) is 5.22. The van der Waals surface area contributed by atoms with Crippen LogP contribution in [0.5, 0.6) is 0 Å². The summed E-state index contributed by atoms with van der Waals surface area (Å²) in [5, 5.41) is 6.97. The predicted octanol–water partition coefficient (Wildman–Crippen LogP) is 2.52. The number of rotatable bonds is 5. The standard InChI is InChI=1S/C19H28N4O3/c24-17-10-14(12-23(17)15-8-4-5-9-15)19(25)20-11-16-21-18(22-26-16)13-6-2-1-3-7-13/h13-15H,1-12H2,(H,20,25). The maximum atomic E-state index is 12.5. The number of nitrogens with zero attached hydrogens (tertiary/aromatic N) is 3. The molecule has 2 aliphatic carbocycles. The quantitative estimate of drug-likeness (QED) is 0.872. The van der Waals surface area contributed by atoms with E-state index in [1.165, 1.54) is 32.1 Å². The normalized spacial score (nSPS) is 25.2. The molecule has 1 N–H and O–H groups in total. The number of aromatic nitrogens is 2. The van der Waals surface area contributed by atoms with Gasteiger partial charge in [-0.05, 0) is 25.7 Å². The molecule has 3 fully saturated rings. The van der Waals surface area contributed by atoms with Crippen molar-refractivity contribution in [3.63, 3.8) is 0 Å². The molecule has 1 aromatic rings. The van der Waals surface area contributed by atoms with Crippen LogP contribution in [0, 0.1) is 5.92 Å². The van der Waals surface area contributed by atoms with Gasteiger partial charge in [-0.2, -0.15) is 4.98 Å². The third-order valence-electron chi connectivity index (χ3n) is 6.16. The number of carbonyl (C=O) groups is 2. The fraction of sp³-hybridized carbons (Fsp3) is 0.789. The SMILES string of the molecule is O=C(NCc1nc(C2CCCCC2)no1)C1CC(=O)N(C2CCCC2)C1. The lowest BCUT2D eigenvalue weighted by Gasteiger charge is -2.23. The molecule has 2 heterocycles. The van der Waals surface area contributed by atoms with Gasteiger partial charge in [0.2, 0.25) is 17.7 Å². The first kappa shape index (κ1) is 17.5. The summed E-state index contributed by atoms with van der Waals surface area (Å²) in [7, 11) is 0. The van der Waals surface area contributed by atoms with Crippen molar-refractivity contribution in [1.82, 2.24) is 20.4 Å². The van der Waals surface area contributed by atoms with E-state index in [9.17, 15) is 9.59 Å². The third kappa shape index (κ3) is 3.76. The van der Waals surface area contributed by atoms with Gasteiger partial charge in [0.1, 0.15) is 0 Å². The molecular formula is C19H28N4O3. The highest BCUT2D eigenvalue weighted by molar-refractivity contribution is 5.89. The highest BCUT2D eigenvalue weighted by Gasteiger charge is 2.38. The Balaban J connectivity index is 1.27. The smallest absolute Gasteiger partial charge is 0.246 e. The molecule has 2 saturated carbocycles. The van der Waals surface area contributed by atoms with Crippen LogP contribution in [-0.4, -0.2) is 39.4 Å². The highest BCUT2D eigenvalue weighted by atomic mass is 16.5. The Morgan fingerprint density at radius 2 is 1.85 bits per heavy atom. The topological polar surface area (TPSA) is 88.3 Å². The van der Waals surface area contributed by atoms with Crippen molar-refractivity contribution < 1.29 is 14.1 Å². The van der Waals surface area contributed by atoms with Crippen molar-refractivity contribution >= 4 is 11.8 Å². The first-order valence-electron chi connectivity index (χ1n) is 10.1. The van der Waals surface area contributed by atoms with Gasteiger partial charge in [0.05, 0.1) is 12.5 Å². The summed E-state index contributed by atoms with van der Waals surface area (Å²) in [6, 6.07) is 0.342. The first-order valence-corrected chi connectivity index (χ1v) is 10.1. The van der Waals surface area contributed by atoms with Gasteiger partial charge in [-0.1, -0.05) is 37.3 Å². The largest absolute Gasteiger partial charge is 0.347 e. The summed E-state index contributed by atoms with van der Waals surface area (Å²) in [5.41, 5.74) is 0. The zero-order chi connectivity index (χ0) is 17.9. The minimum atomic E-state index is -0.260. The number of carbonyl (C=O) groups excluding carboxylic acids is 2. The van der Waals surface area contributed by atoms with Crippen LogP contribution < -0.4 is 5.32 Å². The van der Waals surface area contributed by atoms with E-state index < -0.39 is 0 Å². The van der Waals surface area contributed by atoms with Gasteiger partial charge >= 0.3 is 0 Å². The average molecular weight is 360 g/mol. The summed E-state index contributed by atoms with van der Waals surface area (Å²) in [6.45, 7) is 0.791. The Morgan fingerprint density at radius 3 is 2.62 bits per heavy atom. The first-order chi connectivity index (χ1) is 12.7. The van der Waals surface area contributed by atoms with Crippen molar-refractivity contribution in [3.8, 4) is 0 Å². The van der Waals surface area contributed by atoms with Crippen molar-refractivity contribution in [2.45, 2.75) is 82.7 Å². The lowest BCUT2D eigenvalue weighted by Crippen LogP contribution is -2.36. The third-order valence-corrected chi connectivity index (χ3v) is 6.16. The van der Waals surface area contributed by atoms with Gasteiger partial charge < -0.3 is 14.7 Å². The molecule has 0 spiro atoms. The van der Waals surface area contributed by atoms with E-state index in [4.69, 9.17) is 4.52 Å². The highest BCUT2D eigenvalue weighted by Crippen LogP contribution is 2.31. The second kappa shape index (κ2) is 7.76. The van der Waals surface area contributed by atoms with Crippen LogP contribution >= 0.6 is 0 Å². The Labute approximate surface area is 153 Å². The van der Waals surface area contributed by atoms with Crippen LogP contribution in [0.3, 0.4) is 0 Å². The van der Waals surface area contributed by atoms with Gasteiger partial charge in [0.15, 0.2) is 5.82 Å². The van der Waals surface area contributed by atoms with Crippen molar-refractivity contribution in [1.29, 1.82) is 0 Å². The van der Waals surface area contributed by atoms with Gasteiger partial charge in [-0.3, -0.25) is 9.59 Å². The number of likely N-dealkylation sites (tertiary alicyclic amines) is 1. The number of hydrogen-bond acceptors (Lipinski definition) is 5. The van der Waals surface area contributed by atoms with Gasteiger partial charge in [-0.15, -0.1) is 0 Å². The fourth-order valence-corrected chi connectivity index (χ4v) is 4.65. The van der Waals surface area contributed by atoms with Crippen molar-refractivity contribution in [3.05, 3.63) is 11.7 Å². The van der Waals surface area contributed by atoms with Gasteiger partial charge in [0, 0.05) is 24.9 Å². The lowest BCUT2D eigenvalue weighted by atomic mass is 9.89. The molecule has 142 valence electrons. The van der Waals surface area contributed by atoms with Crippen LogP contribution in [-0.2, 0) is 16.1 Å². The van der Waals surface area contributed by atoms with E-state index in [0.717, 1.165) is 31.5 Å². The maximum absolute atomic E-state index is 12.5. The molecule has 2 amide bonds. The van der Waals surface area contributed by atoms with E-state index in [-0.39, 0.29) is 24.3 Å². The maximum Gasteiger partial charge on any atom is 0.246 e. The second-order valence-corrected chi connectivity index (χ2v) is 7.98. The predicted molar refractivity (Wildman–Crippen MR) is 94.0 cm³/mol. The number of hydrogen-bond donors (Lipinski definition) is 1. The van der Waals surface area contributed by atoms with E-state index in [0.29, 0.717) is 30.8 Å².